The van der Waals surface area contributed by atoms with Crippen molar-refractivity contribution in [1.29, 1.82) is 0 Å². The topological polar surface area (TPSA) is 25.8 Å². The van der Waals surface area contributed by atoms with Crippen LogP contribution in [0.5, 0.6) is 0 Å². The first kappa shape index (κ1) is 12.2. The number of hydrogen-bond acceptors (Lipinski definition) is 2. The van der Waals surface area contributed by atoms with Crippen molar-refractivity contribution in [3.8, 4) is 11.4 Å². The Morgan fingerprint density at radius 1 is 1.00 bits per heavy atom. The SMILES string of the molecule is Clc1cccc(-c2nc(Cl)c3c(n2)CCC3)c1Cl. The molecule has 0 bridgehead atoms. The lowest BCUT2D eigenvalue weighted by Crippen LogP contribution is -1.98. The molecule has 0 unspecified atom stereocenters. The van der Waals surface area contributed by atoms with Gasteiger partial charge in [0.25, 0.3) is 0 Å². The molecule has 3 rings (SSSR count). The van der Waals surface area contributed by atoms with Gasteiger partial charge in [-0.25, -0.2) is 9.97 Å². The fourth-order valence-electron chi connectivity index (χ4n) is 2.18. The number of hydrogen-bond donors (Lipinski definition) is 0. The number of rotatable bonds is 1. The highest BCUT2D eigenvalue weighted by atomic mass is 35.5. The van der Waals surface area contributed by atoms with Crippen LogP contribution in [0.15, 0.2) is 18.2 Å². The normalized spacial score (nSPS) is 13.7. The molecule has 1 aliphatic rings. The molecule has 0 N–H and O–H groups in total. The molecular formula is C13H9Cl3N2. The second-order valence-corrected chi connectivity index (χ2v) is 5.36. The van der Waals surface area contributed by atoms with Gasteiger partial charge in [0.15, 0.2) is 5.82 Å². The summed E-state index contributed by atoms with van der Waals surface area (Å²) in [6.45, 7) is 0. The van der Waals surface area contributed by atoms with Crippen molar-refractivity contribution in [2.24, 2.45) is 0 Å². The second kappa shape index (κ2) is 4.69. The maximum absolute atomic E-state index is 6.19. The molecule has 0 spiro atoms. The van der Waals surface area contributed by atoms with E-state index in [2.05, 4.69) is 9.97 Å². The number of halogens is 3. The van der Waals surface area contributed by atoms with Crippen molar-refractivity contribution in [3.05, 3.63) is 44.7 Å². The molecule has 0 saturated heterocycles. The molecule has 0 saturated carbocycles. The molecule has 0 aliphatic heterocycles. The molecule has 0 radical (unpaired) electrons. The Labute approximate surface area is 120 Å². The molecule has 0 atom stereocenters. The molecule has 18 heavy (non-hydrogen) atoms. The molecule has 0 fully saturated rings. The minimum atomic E-state index is 0.466. The molecule has 1 aromatic carbocycles. The highest BCUT2D eigenvalue weighted by Crippen LogP contribution is 2.34. The fourth-order valence-corrected chi connectivity index (χ4v) is 2.85. The third kappa shape index (κ3) is 1.99. The van der Waals surface area contributed by atoms with Crippen LogP contribution in [0.1, 0.15) is 17.7 Å². The molecule has 2 nitrogen and oxygen atoms in total. The summed E-state index contributed by atoms with van der Waals surface area (Å²) in [7, 11) is 0. The Morgan fingerprint density at radius 2 is 1.83 bits per heavy atom. The van der Waals surface area contributed by atoms with Crippen molar-refractivity contribution in [2.75, 3.05) is 0 Å². The Morgan fingerprint density at radius 3 is 2.67 bits per heavy atom. The van der Waals surface area contributed by atoms with E-state index in [1.165, 1.54) is 0 Å². The maximum atomic E-state index is 6.19. The average Bonchev–Trinajstić information content (AvgIpc) is 2.81. The van der Waals surface area contributed by atoms with Crippen LogP contribution >= 0.6 is 34.8 Å². The molecule has 2 aromatic rings. The molecule has 5 heteroatoms. The first-order chi connectivity index (χ1) is 8.66. The van der Waals surface area contributed by atoms with Gasteiger partial charge in [-0.05, 0) is 31.4 Å². The largest absolute Gasteiger partial charge is 0.233 e. The lowest BCUT2D eigenvalue weighted by Gasteiger charge is -2.07. The van der Waals surface area contributed by atoms with Crippen LogP contribution in [0.3, 0.4) is 0 Å². The summed E-state index contributed by atoms with van der Waals surface area (Å²) in [6, 6.07) is 5.41. The summed E-state index contributed by atoms with van der Waals surface area (Å²) in [4.78, 5) is 8.88. The lowest BCUT2D eigenvalue weighted by atomic mass is 10.2. The summed E-state index contributed by atoms with van der Waals surface area (Å²) < 4.78 is 0. The van der Waals surface area contributed by atoms with Gasteiger partial charge in [0.1, 0.15) is 5.15 Å². The van der Waals surface area contributed by atoms with Crippen LogP contribution in [0.4, 0.5) is 0 Å². The number of aryl methyl sites for hydroxylation is 1. The number of nitrogens with zero attached hydrogens (tertiary/aromatic N) is 2. The van der Waals surface area contributed by atoms with E-state index in [0.717, 1.165) is 36.1 Å². The van der Waals surface area contributed by atoms with Crippen molar-refractivity contribution in [2.45, 2.75) is 19.3 Å². The van der Waals surface area contributed by atoms with Gasteiger partial charge in [-0.3, -0.25) is 0 Å². The zero-order valence-corrected chi connectivity index (χ0v) is 11.6. The van der Waals surface area contributed by atoms with Gasteiger partial charge in [0.05, 0.1) is 10.0 Å². The van der Waals surface area contributed by atoms with E-state index in [1.54, 1.807) is 6.07 Å². The number of fused-ring (bicyclic) bond motifs is 1. The smallest absolute Gasteiger partial charge is 0.162 e. The summed E-state index contributed by atoms with van der Waals surface area (Å²) in [5.41, 5.74) is 2.82. The van der Waals surface area contributed by atoms with Gasteiger partial charge in [0, 0.05) is 16.8 Å². The Hall–Kier alpha value is -0.830. The van der Waals surface area contributed by atoms with E-state index in [9.17, 15) is 0 Å². The number of aromatic nitrogens is 2. The van der Waals surface area contributed by atoms with Crippen molar-refractivity contribution in [1.82, 2.24) is 9.97 Å². The quantitative estimate of drug-likeness (QED) is 0.720. The molecule has 92 valence electrons. The van der Waals surface area contributed by atoms with Crippen LogP contribution in [0, 0.1) is 0 Å². The second-order valence-electron chi connectivity index (χ2n) is 4.22. The van der Waals surface area contributed by atoms with Gasteiger partial charge < -0.3 is 0 Å². The van der Waals surface area contributed by atoms with Gasteiger partial charge in [-0.2, -0.15) is 0 Å². The highest BCUT2D eigenvalue weighted by molar-refractivity contribution is 6.43. The predicted octanol–water partition coefficient (Wildman–Crippen LogP) is 4.59. The van der Waals surface area contributed by atoms with E-state index in [1.807, 2.05) is 12.1 Å². The molecule has 1 aromatic heterocycles. The average molecular weight is 300 g/mol. The molecular weight excluding hydrogens is 291 g/mol. The minimum Gasteiger partial charge on any atom is -0.233 e. The Kier molecular flexibility index (Phi) is 3.18. The number of benzene rings is 1. The van der Waals surface area contributed by atoms with E-state index in [4.69, 9.17) is 34.8 Å². The Balaban J connectivity index is 2.18. The van der Waals surface area contributed by atoms with Gasteiger partial charge in [0.2, 0.25) is 0 Å². The molecule has 1 heterocycles. The third-order valence-corrected chi connectivity index (χ3v) is 4.21. The lowest BCUT2D eigenvalue weighted by molar-refractivity contribution is 0.900. The zero-order valence-electron chi connectivity index (χ0n) is 9.38. The maximum Gasteiger partial charge on any atom is 0.162 e. The van der Waals surface area contributed by atoms with E-state index in [-0.39, 0.29) is 0 Å². The van der Waals surface area contributed by atoms with Gasteiger partial charge in [-0.1, -0.05) is 40.9 Å². The monoisotopic (exact) mass is 298 g/mol. The molecule has 0 amide bonds. The summed E-state index contributed by atoms with van der Waals surface area (Å²) in [5.74, 6) is 0.549. The van der Waals surface area contributed by atoms with E-state index >= 15 is 0 Å². The van der Waals surface area contributed by atoms with Crippen LogP contribution < -0.4 is 0 Å². The zero-order chi connectivity index (χ0) is 12.7. The molecule has 1 aliphatic carbocycles. The standard InChI is InChI=1S/C13H9Cl3N2/c14-9-5-1-4-8(11(9)15)13-17-10-6-2-3-7(10)12(16)18-13/h1,4-5H,2-3,6H2. The van der Waals surface area contributed by atoms with Crippen molar-refractivity contribution < 1.29 is 0 Å². The fraction of sp³-hybridized carbons (Fsp3) is 0.231. The first-order valence-electron chi connectivity index (χ1n) is 5.66. The van der Waals surface area contributed by atoms with Gasteiger partial charge >= 0.3 is 0 Å². The third-order valence-electron chi connectivity index (χ3n) is 3.08. The van der Waals surface area contributed by atoms with E-state index in [0.29, 0.717) is 21.0 Å². The van der Waals surface area contributed by atoms with Crippen LogP contribution in [0.25, 0.3) is 11.4 Å². The minimum absolute atomic E-state index is 0.466. The summed E-state index contributed by atoms with van der Waals surface area (Å²) in [5, 5.41) is 1.49. The van der Waals surface area contributed by atoms with Crippen LogP contribution in [-0.4, -0.2) is 9.97 Å². The van der Waals surface area contributed by atoms with Crippen molar-refractivity contribution >= 4 is 34.8 Å². The predicted molar refractivity (Wildman–Crippen MR) is 74.5 cm³/mol. The van der Waals surface area contributed by atoms with Crippen molar-refractivity contribution in [3.63, 3.8) is 0 Å². The highest BCUT2D eigenvalue weighted by Gasteiger charge is 2.20. The van der Waals surface area contributed by atoms with Crippen LogP contribution in [0.2, 0.25) is 15.2 Å². The summed E-state index contributed by atoms with van der Waals surface area (Å²) >= 11 is 18.4. The first-order valence-corrected chi connectivity index (χ1v) is 6.80. The van der Waals surface area contributed by atoms with Crippen LogP contribution in [-0.2, 0) is 12.8 Å². The van der Waals surface area contributed by atoms with E-state index < -0.39 is 0 Å². The Bertz CT molecular complexity index is 626. The van der Waals surface area contributed by atoms with Gasteiger partial charge in [-0.15, -0.1) is 0 Å². The summed E-state index contributed by atoms with van der Waals surface area (Å²) in [6.07, 6.45) is 2.98.